The minimum absolute atomic E-state index is 0.0831. The maximum absolute atomic E-state index is 13.3. The number of nitrogens with zero attached hydrogens (tertiary/aromatic N) is 2. The fourth-order valence-corrected chi connectivity index (χ4v) is 3.19. The lowest BCUT2D eigenvalue weighted by Gasteiger charge is -2.20. The van der Waals surface area contributed by atoms with E-state index < -0.39 is 0 Å². The number of aromatic amines is 1. The van der Waals surface area contributed by atoms with Crippen molar-refractivity contribution in [3.05, 3.63) is 57.8 Å². The lowest BCUT2D eigenvalue weighted by atomic mass is 10.2. The maximum Gasteiger partial charge on any atom is 0.251 e. The first-order valence-electron chi connectivity index (χ1n) is 8.27. The van der Waals surface area contributed by atoms with E-state index in [2.05, 4.69) is 9.97 Å². The number of halogens is 1. The monoisotopic (exact) mass is 363 g/mol. The van der Waals surface area contributed by atoms with Crippen molar-refractivity contribution in [2.24, 2.45) is 0 Å². The zero-order valence-electron chi connectivity index (χ0n) is 14.4. The van der Waals surface area contributed by atoms with Crippen molar-refractivity contribution in [2.75, 3.05) is 12.3 Å². The van der Waals surface area contributed by atoms with Gasteiger partial charge in [-0.3, -0.25) is 9.59 Å². The van der Waals surface area contributed by atoms with Gasteiger partial charge in [0.1, 0.15) is 5.82 Å². The third-order valence-electron chi connectivity index (χ3n) is 3.61. The van der Waals surface area contributed by atoms with Crippen molar-refractivity contribution in [1.29, 1.82) is 0 Å². The highest BCUT2D eigenvalue weighted by Gasteiger charge is 2.14. The standard InChI is InChI=1S/C18H22FN3O2S/c1-3-6-15-10-16(23)21-18(20-15)25-12-17(24)22(4-2)11-13-7-5-8-14(19)9-13/h5,7-10H,3-4,6,11-12H2,1-2H3,(H,20,21,23). The second-order valence-corrected chi connectivity index (χ2v) is 6.58. The highest BCUT2D eigenvalue weighted by atomic mass is 32.2. The number of benzene rings is 1. The zero-order valence-corrected chi connectivity index (χ0v) is 15.2. The van der Waals surface area contributed by atoms with Gasteiger partial charge >= 0.3 is 0 Å². The van der Waals surface area contributed by atoms with Crippen LogP contribution < -0.4 is 5.56 Å². The molecule has 1 aromatic heterocycles. The van der Waals surface area contributed by atoms with Crippen molar-refractivity contribution >= 4 is 17.7 Å². The Morgan fingerprint density at radius 1 is 1.32 bits per heavy atom. The number of amides is 1. The third kappa shape index (κ3) is 6.01. The minimum Gasteiger partial charge on any atom is -0.338 e. The number of aryl methyl sites for hydroxylation is 1. The van der Waals surface area contributed by atoms with Crippen molar-refractivity contribution in [2.45, 2.75) is 38.4 Å². The second-order valence-electron chi connectivity index (χ2n) is 5.62. The number of nitrogens with one attached hydrogen (secondary N) is 1. The molecule has 0 atom stereocenters. The molecule has 0 saturated heterocycles. The summed E-state index contributed by atoms with van der Waals surface area (Å²) in [6.45, 7) is 4.78. The van der Waals surface area contributed by atoms with E-state index in [1.54, 1.807) is 17.0 Å². The number of rotatable bonds is 8. The van der Waals surface area contributed by atoms with E-state index in [1.807, 2.05) is 13.8 Å². The second kappa shape index (κ2) is 9.36. The molecule has 0 spiro atoms. The van der Waals surface area contributed by atoms with Crippen molar-refractivity contribution in [3.63, 3.8) is 0 Å². The lowest BCUT2D eigenvalue weighted by molar-refractivity contribution is -0.128. The predicted octanol–water partition coefficient (Wildman–Crippen LogP) is 3.00. The molecule has 0 radical (unpaired) electrons. The largest absolute Gasteiger partial charge is 0.338 e. The van der Waals surface area contributed by atoms with Crippen LogP contribution in [0.5, 0.6) is 0 Å². The summed E-state index contributed by atoms with van der Waals surface area (Å²) in [6.07, 6.45) is 1.63. The maximum atomic E-state index is 13.3. The summed E-state index contributed by atoms with van der Waals surface area (Å²) in [6, 6.07) is 7.71. The molecular formula is C18H22FN3O2S. The van der Waals surface area contributed by atoms with Gasteiger partial charge in [0.05, 0.1) is 5.75 Å². The summed E-state index contributed by atoms with van der Waals surface area (Å²) in [5, 5.41) is 0.450. The Bertz CT molecular complexity index is 779. The van der Waals surface area contributed by atoms with Crippen LogP contribution in [0.25, 0.3) is 0 Å². The number of thioether (sulfide) groups is 1. The van der Waals surface area contributed by atoms with Crippen LogP contribution in [0.1, 0.15) is 31.5 Å². The Labute approximate surface area is 150 Å². The number of carbonyl (C=O) groups is 1. The summed E-state index contributed by atoms with van der Waals surface area (Å²) in [7, 11) is 0. The number of hydrogen-bond acceptors (Lipinski definition) is 4. The van der Waals surface area contributed by atoms with Gasteiger partial charge in [0.15, 0.2) is 5.16 Å². The summed E-state index contributed by atoms with van der Waals surface area (Å²) < 4.78 is 13.3. The van der Waals surface area contributed by atoms with E-state index in [-0.39, 0.29) is 23.0 Å². The van der Waals surface area contributed by atoms with Gasteiger partial charge in [0, 0.05) is 24.8 Å². The van der Waals surface area contributed by atoms with E-state index in [0.717, 1.165) is 24.1 Å². The van der Waals surface area contributed by atoms with Gasteiger partial charge < -0.3 is 9.88 Å². The van der Waals surface area contributed by atoms with Crippen LogP contribution >= 0.6 is 11.8 Å². The Balaban J connectivity index is 1.99. The van der Waals surface area contributed by atoms with Crippen molar-refractivity contribution < 1.29 is 9.18 Å². The van der Waals surface area contributed by atoms with Gasteiger partial charge in [-0.25, -0.2) is 9.37 Å². The Hall–Kier alpha value is -2.15. The van der Waals surface area contributed by atoms with Crippen LogP contribution in [-0.4, -0.2) is 33.1 Å². The Morgan fingerprint density at radius 2 is 2.12 bits per heavy atom. The van der Waals surface area contributed by atoms with Crippen LogP contribution in [0.2, 0.25) is 0 Å². The van der Waals surface area contributed by atoms with Gasteiger partial charge in [-0.05, 0) is 31.0 Å². The van der Waals surface area contributed by atoms with Crippen LogP contribution in [0.4, 0.5) is 4.39 Å². The molecular weight excluding hydrogens is 341 g/mol. The first kappa shape index (κ1) is 19.2. The molecule has 0 fully saturated rings. The first-order valence-corrected chi connectivity index (χ1v) is 9.25. The third-order valence-corrected chi connectivity index (χ3v) is 4.47. The number of carbonyl (C=O) groups excluding carboxylic acids is 1. The van der Waals surface area contributed by atoms with Gasteiger partial charge in [0.25, 0.3) is 5.56 Å². The van der Waals surface area contributed by atoms with Crippen LogP contribution in [0.15, 0.2) is 40.3 Å². The predicted molar refractivity (Wildman–Crippen MR) is 97.1 cm³/mol. The molecule has 0 unspecified atom stereocenters. The lowest BCUT2D eigenvalue weighted by Crippen LogP contribution is -2.31. The zero-order chi connectivity index (χ0) is 18.2. The Kier molecular flexibility index (Phi) is 7.18. The highest BCUT2D eigenvalue weighted by Crippen LogP contribution is 2.14. The summed E-state index contributed by atoms with van der Waals surface area (Å²) in [5.41, 5.74) is 1.27. The molecule has 1 N–H and O–H groups in total. The molecule has 0 aliphatic carbocycles. The molecule has 1 amide bonds. The van der Waals surface area contributed by atoms with Gasteiger partial charge in [-0.1, -0.05) is 37.2 Å². The number of aromatic nitrogens is 2. The molecule has 1 aromatic carbocycles. The van der Waals surface area contributed by atoms with Gasteiger partial charge in [-0.15, -0.1) is 0 Å². The fraction of sp³-hybridized carbons (Fsp3) is 0.389. The van der Waals surface area contributed by atoms with Crippen LogP contribution in [0, 0.1) is 5.82 Å². The quantitative estimate of drug-likeness (QED) is 0.578. The molecule has 134 valence electrons. The molecule has 2 rings (SSSR count). The number of H-pyrrole nitrogens is 1. The molecule has 25 heavy (non-hydrogen) atoms. The first-order chi connectivity index (χ1) is 12.0. The topological polar surface area (TPSA) is 66.1 Å². The van der Waals surface area contributed by atoms with Gasteiger partial charge in [0.2, 0.25) is 5.91 Å². The van der Waals surface area contributed by atoms with E-state index >= 15 is 0 Å². The smallest absolute Gasteiger partial charge is 0.251 e. The van der Waals surface area contributed by atoms with Crippen molar-refractivity contribution in [1.82, 2.24) is 14.9 Å². The molecule has 0 bridgehead atoms. The average Bonchev–Trinajstić information content (AvgIpc) is 2.57. The minimum atomic E-state index is -0.315. The molecule has 0 aliphatic heterocycles. The van der Waals surface area contributed by atoms with Gasteiger partial charge in [-0.2, -0.15) is 0 Å². The molecule has 5 nitrogen and oxygen atoms in total. The van der Waals surface area contributed by atoms with Crippen LogP contribution in [0.3, 0.4) is 0 Å². The SMILES string of the molecule is CCCc1cc(=O)[nH]c(SCC(=O)N(CC)Cc2cccc(F)c2)n1. The molecule has 7 heteroatoms. The molecule has 0 saturated carbocycles. The van der Waals surface area contributed by atoms with E-state index in [1.165, 1.54) is 30.0 Å². The molecule has 2 aromatic rings. The number of hydrogen-bond donors (Lipinski definition) is 1. The van der Waals surface area contributed by atoms with E-state index in [4.69, 9.17) is 0 Å². The molecule has 0 aliphatic rings. The van der Waals surface area contributed by atoms with Crippen LogP contribution in [-0.2, 0) is 17.8 Å². The Morgan fingerprint density at radius 3 is 2.80 bits per heavy atom. The van der Waals surface area contributed by atoms with E-state index in [9.17, 15) is 14.0 Å². The normalized spacial score (nSPS) is 10.7. The van der Waals surface area contributed by atoms with E-state index in [0.29, 0.717) is 18.2 Å². The average molecular weight is 363 g/mol. The molecule has 1 heterocycles. The summed E-state index contributed by atoms with van der Waals surface area (Å²) in [4.78, 5) is 32.7. The summed E-state index contributed by atoms with van der Waals surface area (Å²) >= 11 is 1.21. The highest BCUT2D eigenvalue weighted by molar-refractivity contribution is 7.99. The summed E-state index contributed by atoms with van der Waals surface area (Å²) in [5.74, 6) is -0.230. The van der Waals surface area contributed by atoms with Crippen molar-refractivity contribution in [3.8, 4) is 0 Å². The fourth-order valence-electron chi connectivity index (χ4n) is 2.39.